The molecule has 1 aliphatic rings. The summed E-state index contributed by atoms with van der Waals surface area (Å²) in [5.74, 6) is 0. The van der Waals surface area contributed by atoms with Crippen LogP contribution in [-0.4, -0.2) is 6.54 Å². The van der Waals surface area contributed by atoms with Crippen molar-refractivity contribution in [2.45, 2.75) is 13.3 Å². The Balaban J connectivity index is 2.61. The highest BCUT2D eigenvalue weighted by Crippen LogP contribution is 2.22. The van der Waals surface area contributed by atoms with Crippen LogP contribution < -0.4 is 5.32 Å². The fraction of sp³-hybridized carbons (Fsp3) is 0.333. The predicted octanol–water partition coefficient (Wildman–Crippen LogP) is 1.96. The van der Waals surface area contributed by atoms with E-state index in [1.165, 1.54) is 23.2 Å². The maximum atomic E-state index is 3.35. The van der Waals surface area contributed by atoms with Gasteiger partial charge in [0.2, 0.25) is 0 Å². The Hall–Kier alpha value is -0.980. The van der Waals surface area contributed by atoms with Gasteiger partial charge in [-0.05, 0) is 30.5 Å². The molecule has 1 aromatic carbocycles. The highest BCUT2D eigenvalue weighted by Gasteiger charge is 2.07. The molecule has 1 aliphatic heterocycles. The van der Waals surface area contributed by atoms with Gasteiger partial charge >= 0.3 is 0 Å². The van der Waals surface area contributed by atoms with Crippen molar-refractivity contribution in [1.82, 2.24) is 0 Å². The molecule has 1 N–H and O–H groups in total. The molecule has 10 heavy (non-hydrogen) atoms. The van der Waals surface area contributed by atoms with Crippen molar-refractivity contribution in [3.05, 3.63) is 29.3 Å². The van der Waals surface area contributed by atoms with Crippen LogP contribution in [0.5, 0.6) is 0 Å². The van der Waals surface area contributed by atoms with Crippen LogP contribution in [0.1, 0.15) is 11.1 Å². The zero-order valence-electron chi connectivity index (χ0n) is 6.15. The van der Waals surface area contributed by atoms with Crippen molar-refractivity contribution in [3.8, 4) is 0 Å². The first kappa shape index (κ1) is 5.78. The van der Waals surface area contributed by atoms with Gasteiger partial charge in [0.05, 0.1) is 0 Å². The van der Waals surface area contributed by atoms with Gasteiger partial charge in [0.1, 0.15) is 0 Å². The monoisotopic (exact) mass is 133 g/mol. The first-order valence-corrected chi connectivity index (χ1v) is 3.70. The van der Waals surface area contributed by atoms with E-state index in [9.17, 15) is 0 Å². The van der Waals surface area contributed by atoms with Crippen LogP contribution in [0, 0.1) is 6.92 Å². The van der Waals surface area contributed by atoms with Crippen LogP contribution in [0.2, 0.25) is 0 Å². The molecular weight excluding hydrogens is 122 g/mol. The highest BCUT2D eigenvalue weighted by molar-refractivity contribution is 5.56. The fourth-order valence-corrected chi connectivity index (χ4v) is 1.48. The number of anilines is 1. The van der Waals surface area contributed by atoms with Gasteiger partial charge in [0.25, 0.3) is 0 Å². The number of hydrogen-bond donors (Lipinski definition) is 1. The maximum absolute atomic E-state index is 3.35. The lowest BCUT2D eigenvalue weighted by molar-refractivity contribution is 0.968. The van der Waals surface area contributed by atoms with Crippen molar-refractivity contribution in [3.63, 3.8) is 0 Å². The summed E-state index contributed by atoms with van der Waals surface area (Å²) in [7, 11) is 0. The molecule has 1 nitrogen and oxygen atoms in total. The first-order chi connectivity index (χ1) is 4.88. The second-order valence-electron chi connectivity index (χ2n) is 2.77. The smallest absolute Gasteiger partial charge is 0.0372 e. The minimum Gasteiger partial charge on any atom is -0.384 e. The average molecular weight is 133 g/mol. The average Bonchev–Trinajstić information content (AvgIpc) is 1.86. The molecular formula is C9H11N. The Bertz CT molecular complexity index is 231. The molecule has 0 radical (unpaired) electrons. The van der Waals surface area contributed by atoms with E-state index in [2.05, 4.69) is 30.4 Å². The molecule has 1 aromatic rings. The van der Waals surface area contributed by atoms with Crippen molar-refractivity contribution in [1.29, 1.82) is 0 Å². The molecule has 52 valence electrons. The van der Waals surface area contributed by atoms with E-state index in [1.807, 2.05) is 0 Å². The summed E-state index contributed by atoms with van der Waals surface area (Å²) in [4.78, 5) is 0. The lowest BCUT2D eigenvalue weighted by Gasteiger charge is -2.18. The van der Waals surface area contributed by atoms with E-state index in [1.54, 1.807) is 0 Å². The second kappa shape index (κ2) is 2.01. The summed E-state index contributed by atoms with van der Waals surface area (Å²) >= 11 is 0. The maximum Gasteiger partial charge on any atom is 0.0372 e. The number of rotatable bonds is 0. The molecule has 0 unspecified atom stereocenters. The minimum atomic E-state index is 1.10. The normalized spacial score (nSPS) is 14.5. The largest absolute Gasteiger partial charge is 0.384 e. The zero-order valence-corrected chi connectivity index (χ0v) is 6.15. The molecule has 0 saturated carbocycles. The van der Waals surface area contributed by atoms with E-state index in [-0.39, 0.29) is 0 Å². The summed E-state index contributed by atoms with van der Waals surface area (Å²) in [5.41, 5.74) is 4.23. The van der Waals surface area contributed by atoms with Crippen LogP contribution in [0.4, 0.5) is 5.69 Å². The number of hydrogen-bond acceptors (Lipinski definition) is 1. The van der Waals surface area contributed by atoms with Gasteiger partial charge in [0.15, 0.2) is 0 Å². The molecule has 0 saturated heterocycles. The van der Waals surface area contributed by atoms with E-state index >= 15 is 0 Å². The summed E-state index contributed by atoms with van der Waals surface area (Å²) in [6.07, 6.45) is 1.18. The third-order valence-electron chi connectivity index (χ3n) is 2.16. The lowest BCUT2D eigenvalue weighted by Crippen LogP contribution is -2.13. The predicted molar refractivity (Wildman–Crippen MR) is 43.4 cm³/mol. The van der Waals surface area contributed by atoms with Crippen LogP contribution in [-0.2, 0) is 6.42 Å². The van der Waals surface area contributed by atoms with Crippen molar-refractivity contribution in [2.24, 2.45) is 0 Å². The molecule has 0 aromatic heterocycles. The molecule has 0 fully saturated rings. The molecule has 0 spiro atoms. The fourth-order valence-electron chi connectivity index (χ4n) is 1.48. The standard InChI is InChI=1S/C9H11N/c1-7-8-3-2-4-9(7)10-6-5-8/h2-4,10H,5-6H2,1H3. The van der Waals surface area contributed by atoms with E-state index in [4.69, 9.17) is 0 Å². The van der Waals surface area contributed by atoms with Crippen LogP contribution >= 0.6 is 0 Å². The van der Waals surface area contributed by atoms with E-state index in [0.29, 0.717) is 0 Å². The number of benzene rings is 1. The highest BCUT2D eigenvalue weighted by atomic mass is 14.9. The van der Waals surface area contributed by atoms with Gasteiger partial charge in [-0.3, -0.25) is 0 Å². The molecule has 1 heteroatoms. The summed E-state index contributed by atoms with van der Waals surface area (Å²) in [6.45, 7) is 3.28. The van der Waals surface area contributed by atoms with Crippen molar-refractivity contribution in [2.75, 3.05) is 11.9 Å². The third-order valence-corrected chi connectivity index (χ3v) is 2.16. The third kappa shape index (κ3) is 0.703. The van der Waals surface area contributed by atoms with Crippen LogP contribution in [0.15, 0.2) is 18.2 Å². The Kier molecular flexibility index (Phi) is 1.16. The Morgan fingerprint density at radius 2 is 2.30 bits per heavy atom. The molecule has 0 amide bonds. The second-order valence-corrected chi connectivity index (χ2v) is 2.77. The van der Waals surface area contributed by atoms with Gasteiger partial charge in [-0.1, -0.05) is 12.1 Å². The topological polar surface area (TPSA) is 12.0 Å². The van der Waals surface area contributed by atoms with Crippen molar-refractivity contribution >= 4 is 5.69 Å². The van der Waals surface area contributed by atoms with Gasteiger partial charge in [-0.25, -0.2) is 0 Å². The Morgan fingerprint density at radius 1 is 1.40 bits per heavy atom. The van der Waals surface area contributed by atoms with Gasteiger partial charge < -0.3 is 5.32 Å². The summed E-state index contributed by atoms with van der Waals surface area (Å²) in [6, 6.07) is 6.46. The van der Waals surface area contributed by atoms with Gasteiger partial charge in [0, 0.05) is 12.2 Å². The zero-order chi connectivity index (χ0) is 6.97. The van der Waals surface area contributed by atoms with E-state index < -0.39 is 0 Å². The van der Waals surface area contributed by atoms with Crippen molar-refractivity contribution < 1.29 is 0 Å². The van der Waals surface area contributed by atoms with Crippen LogP contribution in [0.25, 0.3) is 0 Å². The Labute approximate surface area is 61.1 Å². The molecule has 2 rings (SSSR count). The van der Waals surface area contributed by atoms with Gasteiger partial charge in [-0.15, -0.1) is 0 Å². The minimum absolute atomic E-state index is 1.10. The number of nitrogens with one attached hydrogen (secondary N) is 1. The Morgan fingerprint density at radius 3 is 3.00 bits per heavy atom. The molecule has 2 bridgehead atoms. The SMILES string of the molecule is Cc1c2cccc1NCC2. The molecule has 1 heterocycles. The quantitative estimate of drug-likeness (QED) is 0.570. The van der Waals surface area contributed by atoms with Crippen LogP contribution in [0.3, 0.4) is 0 Å². The lowest BCUT2D eigenvalue weighted by atomic mass is 10.0. The first-order valence-electron chi connectivity index (χ1n) is 3.70. The van der Waals surface area contributed by atoms with Gasteiger partial charge in [-0.2, -0.15) is 0 Å². The summed E-state index contributed by atoms with van der Waals surface area (Å²) in [5, 5.41) is 3.35. The van der Waals surface area contributed by atoms with E-state index in [0.717, 1.165) is 6.54 Å². The molecule has 0 atom stereocenters. The molecule has 0 aliphatic carbocycles. The summed E-state index contributed by atoms with van der Waals surface area (Å²) < 4.78 is 0. The number of fused-ring (bicyclic) bond motifs is 2.